The summed E-state index contributed by atoms with van der Waals surface area (Å²) in [7, 11) is -2.08. The van der Waals surface area contributed by atoms with E-state index in [0.29, 0.717) is 70.7 Å². The van der Waals surface area contributed by atoms with Crippen LogP contribution in [0, 0.1) is 13.8 Å². The van der Waals surface area contributed by atoms with Crippen LogP contribution in [0.2, 0.25) is 0 Å². The van der Waals surface area contributed by atoms with Crippen molar-refractivity contribution in [2.75, 3.05) is 91.7 Å². The van der Waals surface area contributed by atoms with Gasteiger partial charge >= 0.3 is 0 Å². The van der Waals surface area contributed by atoms with Crippen molar-refractivity contribution in [2.45, 2.75) is 77.0 Å². The molecule has 0 radical (unpaired) electrons. The maximum absolute atomic E-state index is 14.8. The highest BCUT2D eigenvalue weighted by Gasteiger charge is 2.37. The van der Waals surface area contributed by atoms with Gasteiger partial charge in [-0.25, -0.2) is 16.8 Å². The number of fused-ring (bicyclic) bond motifs is 2. The molecule has 0 heterocycles. The molecule has 0 saturated carbocycles. The van der Waals surface area contributed by atoms with Crippen LogP contribution in [0.3, 0.4) is 0 Å². The molecule has 0 aromatic heterocycles. The van der Waals surface area contributed by atoms with E-state index in [9.17, 15) is 26.4 Å². The molecular formula is C48H64N4O10S2. The first-order valence-corrected chi connectivity index (χ1v) is 24.7. The van der Waals surface area contributed by atoms with Crippen LogP contribution in [0.1, 0.15) is 92.9 Å². The maximum atomic E-state index is 14.8. The highest BCUT2D eigenvalue weighted by atomic mass is 32.2. The van der Waals surface area contributed by atoms with Gasteiger partial charge in [-0.05, 0) is 85.0 Å². The fourth-order valence-corrected chi connectivity index (χ4v) is 12.4. The van der Waals surface area contributed by atoms with Crippen molar-refractivity contribution in [1.82, 2.24) is 8.61 Å². The van der Waals surface area contributed by atoms with E-state index in [2.05, 4.69) is 10.6 Å². The molecule has 4 aromatic rings. The van der Waals surface area contributed by atoms with E-state index in [-0.39, 0.29) is 96.2 Å². The van der Waals surface area contributed by atoms with Gasteiger partial charge in [-0.1, -0.05) is 64.1 Å². The zero-order valence-electron chi connectivity index (χ0n) is 38.9. The number of sulfonamides is 2. The summed E-state index contributed by atoms with van der Waals surface area (Å²) in [6, 6.07) is 13.8. The van der Waals surface area contributed by atoms with E-state index < -0.39 is 20.0 Å². The van der Waals surface area contributed by atoms with Crippen LogP contribution in [0.15, 0.2) is 58.3 Å². The monoisotopic (exact) mass is 920 g/mol. The molecule has 5 rings (SSSR count). The number of nitrogens with one attached hydrogen (secondary N) is 2. The van der Waals surface area contributed by atoms with Gasteiger partial charge in [0.2, 0.25) is 20.0 Å². The Kier molecular flexibility index (Phi) is 17.4. The molecular weight excluding hydrogens is 857 g/mol. The standard InChI is InChI=1S/C48H64N4O10S2/c1-11-33-29-31(5)47(63(55,56)51(21-25-59-7)22-26-60-8)35(13-3)43(33)49-39-19-20-40(42-41(39)45(53)37-17-15-16-18-38(37)46(42)54)50-44-34(12-2)30-32(6)48(36(44)14-4)64(57,58)52(23-27-61-9)24-28-62-10/h15-20,29-30,49-50H,11-14,21-28H2,1-10H3. The molecule has 64 heavy (non-hydrogen) atoms. The van der Waals surface area contributed by atoms with Gasteiger partial charge in [0, 0.05) is 77.1 Å². The largest absolute Gasteiger partial charge is 0.383 e. The van der Waals surface area contributed by atoms with Crippen molar-refractivity contribution in [3.8, 4) is 0 Å². The van der Waals surface area contributed by atoms with Gasteiger partial charge in [0.25, 0.3) is 0 Å². The summed E-state index contributed by atoms with van der Waals surface area (Å²) in [4.78, 5) is 30.0. The van der Waals surface area contributed by atoms with Crippen molar-refractivity contribution in [1.29, 1.82) is 0 Å². The third-order valence-electron chi connectivity index (χ3n) is 11.7. The molecule has 1 aliphatic rings. The molecule has 0 spiro atoms. The zero-order chi connectivity index (χ0) is 46.9. The molecule has 0 fully saturated rings. The minimum Gasteiger partial charge on any atom is -0.383 e. The molecule has 16 heteroatoms. The summed E-state index contributed by atoms with van der Waals surface area (Å²) >= 11 is 0. The summed E-state index contributed by atoms with van der Waals surface area (Å²) in [6.45, 7) is 12.5. The van der Waals surface area contributed by atoms with E-state index in [1.165, 1.54) is 37.0 Å². The van der Waals surface area contributed by atoms with Gasteiger partial charge in [0.1, 0.15) is 0 Å². The van der Waals surface area contributed by atoms with Gasteiger partial charge in [0.05, 0.1) is 58.7 Å². The summed E-state index contributed by atoms with van der Waals surface area (Å²) in [5.74, 6) is -0.772. The molecule has 0 unspecified atom stereocenters. The number of aryl methyl sites for hydroxylation is 4. The highest BCUT2D eigenvalue weighted by molar-refractivity contribution is 7.89. The summed E-state index contributed by atoms with van der Waals surface area (Å²) in [5, 5.41) is 7.00. The van der Waals surface area contributed by atoms with E-state index in [1.807, 2.05) is 39.8 Å². The lowest BCUT2D eigenvalue weighted by molar-refractivity contribution is 0.0980. The van der Waals surface area contributed by atoms with Crippen LogP contribution in [0.4, 0.5) is 22.7 Å². The van der Waals surface area contributed by atoms with Crippen molar-refractivity contribution < 1.29 is 45.4 Å². The first kappa shape index (κ1) is 50.5. The maximum Gasteiger partial charge on any atom is 0.243 e. The average molecular weight is 921 g/mol. The molecule has 1 aliphatic carbocycles. The van der Waals surface area contributed by atoms with Crippen LogP contribution in [-0.4, -0.2) is 118 Å². The minimum atomic E-state index is -4.08. The zero-order valence-corrected chi connectivity index (χ0v) is 40.5. The number of nitrogens with zero attached hydrogens (tertiary/aromatic N) is 2. The normalized spacial score (nSPS) is 12.9. The predicted octanol–water partition coefficient (Wildman–Crippen LogP) is 7.38. The second kappa shape index (κ2) is 22.1. The molecule has 0 aliphatic heterocycles. The fraction of sp³-hybridized carbons (Fsp3) is 0.458. The van der Waals surface area contributed by atoms with Gasteiger partial charge < -0.3 is 29.6 Å². The average Bonchev–Trinajstić information content (AvgIpc) is 3.28. The number of ether oxygens (including phenoxy) is 4. The van der Waals surface area contributed by atoms with E-state index in [1.54, 1.807) is 50.2 Å². The van der Waals surface area contributed by atoms with Crippen LogP contribution in [0.5, 0.6) is 0 Å². The first-order valence-electron chi connectivity index (χ1n) is 21.8. The number of ketones is 2. The number of hydrogen-bond donors (Lipinski definition) is 2. The lowest BCUT2D eigenvalue weighted by Crippen LogP contribution is -2.37. The number of rotatable bonds is 24. The third kappa shape index (κ3) is 9.99. The lowest BCUT2D eigenvalue weighted by atomic mass is 9.82. The summed E-state index contributed by atoms with van der Waals surface area (Å²) < 4.78 is 82.3. The Labute approximate surface area is 379 Å². The SMILES string of the molecule is CCc1cc(C)c(S(=O)(=O)N(CCOC)CCOC)c(CC)c1Nc1ccc(Nc2c(CC)cc(C)c(S(=O)(=O)N(CCOC)CCOC)c2CC)c2c1C(=O)c1ccccc1C2=O. The number of methoxy groups -OCH3 is 4. The van der Waals surface area contributed by atoms with Crippen LogP contribution in [0.25, 0.3) is 0 Å². The second-order valence-electron chi connectivity index (χ2n) is 15.6. The number of hydrogen-bond acceptors (Lipinski definition) is 12. The predicted molar refractivity (Wildman–Crippen MR) is 251 cm³/mol. The quantitative estimate of drug-likeness (QED) is 0.0631. The molecule has 348 valence electrons. The number of benzene rings is 4. The summed E-state index contributed by atoms with van der Waals surface area (Å²) in [6.07, 6.45) is 1.74. The third-order valence-corrected chi connectivity index (χ3v) is 16.0. The van der Waals surface area contributed by atoms with Crippen molar-refractivity contribution in [3.05, 3.63) is 104 Å². The molecule has 0 saturated heterocycles. The van der Waals surface area contributed by atoms with Crippen LogP contribution >= 0.6 is 0 Å². The van der Waals surface area contributed by atoms with E-state index in [0.717, 1.165) is 11.1 Å². The number of anilines is 4. The Morgan fingerprint density at radius 1 is 0.516 bits per heavy atom. The van der Waals surface area contributed by atoms with Crippen molar-refractivity contribution in [2.24, 2.45) is 0 Å². The molecule has 0 bridgehead atoms. The Balaban J connectivity index is 1.76. The van der Waals surface area contributed by atoms with E-state index >= 15 is 0 Å². The Morgan fingerprint density at radius 2 is 0.844 bits per heavy atom. The Hall–Kier alpha value is -4.52. The smallest absolute Gasteiger partial charge is 0.243 e. The van der Waals surface area contributed by atoms with Crippen molar-refractivity contribution >= 4 is 54.4 Å². The minimum absolute atomic E-state index is 0.117. The van der Waals surface area contributed by atoms with Gasteiger partial charge in [-0.3, -0.25) is 9.59 Å². The van der Waals surface area contributed by atoms with Gasteiger partial charge in [-0.15, -0.1) is 0 Å². The lowest BCUT2D eigenvalue weighted by Gasteiger charge is -2.29. The van der Waals surface area contributed by atoms with Crippen molar-refractivity contribution in [3.63, 3.8) is 0 Å². The second-order valence-corrected chi connectivity index (χ2v) is 19.4. The van der Waals surface area contributed by atoms with Gasteiger partial charge in [-0.2, -0.15) is 8.61 Å². The van der Waals surface area contributed by atoms with Crippen LogP contribution in [-0.2, 0) is 64.7 Å². The summed E-state index contributed by atoms with van der Waals surface area (Å²) in [5.41, 5.74) is 6.36. The highest BCUT2D eigenvalue weighted by Crippen LogP contribution is 2.43. The molecule has 4 aromatic carbocycles. The molecule has 14 nitrogen and oxygen atoms in total. The Bertz CT molecular complexity index is 2390. The molecule has 0 atom stereocenters. The fourth-order valence-electron chi connectivity index (χ4n) is 8.59. The number of carbonyl (C=O) groups is 2. The topological polar surface area (TPSA) is 170 Å². The molecule has 0 amide bonds. The Morgan fingerprint density at radius 3 is 1.12 bits per heavy atom. The first-order chi connectivity index (χ1) is 30.6. The number of carbonyl (C=O) groups excluding carboxylic acids is 2. The van der Waals surface area contributed by atoms with Gasteiger partial charge in [0.15, 0.2) is 11.6 Å². The van der Waals surface area contributed by atoms with E-state index in [4.69, 9.17) is 18.9 Å². The molecule has 2 N–H and O–H groups in total. The van der Waals surface area contributed by atoms with Crippen LogP contribution < -0.4 is 10.6 Å².